The van der Waals surface area contributed by atoms with E-state index in [2.05, 4.69) is 5.32 Å². The second-order valence-electron chi connectivity index (χ2n) is 8.96. The molecular formula is C23H24F3N3O2S. The highest BCUT2D eigenvalue weighted by atomic mass is 32.3. The molecule has 1 aliphatic heterocycles. The van der Waals surface area contributed by atoms with Gasteiger partial charge in [0.2, 0.25) is 0 Å². The van der Waals surface area contributed by atoms with Crippen LogP contribution in [0.1, 0.15) is 29.5 Å². The molecule has 0 amide bonds. The number of fused-ring (bicyclic) bond motifs is 5. The van der Waals surface area contributed by atoms with Crippen molar-refractivity contribution in [3.05, 3.63) is 65.2 Å². The third-order valence-electron chi connectivity index (χ3n) is 7.29. The van der Waals surface area contributed by atoms with Gasteiger partial charge in [0, 0.05) is 25.0 Å². The van der Waals surface area contributed by atoms with Crippen molar-refractivity contribution in [3.8, 4) is 6.07 Å². The zero-order chi connectivity index (χ0) is 22.7. The van der Waals surface area contributed by atoms with E-state index in [0.717, 1.165) is 30.5 Å². The number of anilines is 1. The monoisotopic (exact) mass is 463 g/mol. The van der Waals surface area contributed by atoms with E-state index in [4.69, 9.17) is 5.26 Å². The van der Waals surface area contributed by atoms with Gasteiger partial charge in [-0.1, -0.05) is 30.3 Å². The van der Waals surface area contributed by atoms with E-state index in [1.165, 1.54) is 10.4 Å². The molecule has 2 bridgehead atoms. The van der Waals surface area contributed by atoms with Gasteiger partial charge < -0.3 is 5.32 Å². The number of nitrogens with zero attached hydrogens (tertiary/aromatic N) is 2. The third-order valence-corrected chi connectivity index (χ3v) is 9.73. The lowest BCUT2D eigenvalue weighted by Crippen LogP contribution is -2.43. The van der Waals surface area contributed by atoms with Crippen LogP contribution >= 0.6 is 10.8 Å². The van der Waals surface area contributed by atoms with Gasteiger partial charge in [-0.2, -0.15) is 18.4 Å². The fraction of sp³-hybridized carbons (Fsp3) is 0.435. The molecule has 0 spiro atoms. The van der Waals surface area contributed by atoms with Gasteiger partial charge in [-0.15, -0.1) is 10.8 Å². The molecule has 2 saturated carbocycles. The first-order valence-corrected chi connectivity index (χ1v) is 12.2. The van der Waals surface area contributed by atoms with E-state index < -0.39 is 28.1 Å². The predicted molar refractivity (Wildman–Crippen MR) is 117 cm³/mol. The second kappa shape index (κ2) is 7.66. The summed E-state index contributed by atoms with van der Waals surface area (Å²) in [7, 11) is -3.30. The Hall–Kier alpha value is -2.25. The molecule has 170 valence electrons. The highest BCUT2D eigenvalue weighted by Crippen LogP contribution is 2.69. The first-order chi connectivity index (χ1) is 15.2. The molecule has 2 aliphatic carbocycles. The van der Waals surface area contributed by atoms with Gasteiger partial charge >= 0.3 is 6.18 Å². The minimum atomic E-state index is -4.69. The Morgan fingerprint density at radius 2 is 1.84 bits per heavy atom. The summed E-state index contributed by atoms with van der Waals surface area (Å²) in [5.41, 5.74) is -0.250. The normalized spacial score (nSPS) is 31.4. The molecule has 1 heterocycles. The van der Waals surface area contributed by atoms with Gasteiger partial charge in [0.05, 0.1) is 28.1 Å². The van der Waals surface area contributed by atoms with Gasteiger partial charge in [0.1, 0.15) is 0 Å². The van der Waals surface area contributed by atoms with E-state index >= 15 is 0 Å². The summed E-state index contributed by atoms with van der Waals surface area (Å²) in [6.45, 7) is 1.02. The predicted octanol–water partition coefficient (Wildman–Crippen LogP) is 5.25. The van der Waals surface area contributed by atoms with E-state index in [0.29, 0.717) is 19.0 Å². The maximum absolute atomic E-state index is 13.4. The summed E-state index contributed by atoms with van der Waals surface area (Å²) < 4.78 is 64.1. The van der Waals surface area contributed by atoms with Gasteiger partial charge in [0.15, 0.2) is 0 Å². The third kappa shape index (κ3) is 3.46. The molecular weight excluding hydrogens is 439 g/mol. The molecule has 3 aliphatic rings. The maximum Gasteiger partial charge on any atom is 0.417 e. The molecule has 5 nitrogen and oxygen atoms in total. The summed E-state index contributed by atoms with van der Waals surface area (Å²) >= 11 is 0. The lowest BCUT2D eigenvalue weighted by Gasteiger charge is -2.45. The summed E-state index contributed by atoms with van der Waals surface area (Å²) in [6, 6.07) is 15.1. The molecule has 0 unspecified atom stereocenters. The molecule has 5 atom stereocenters. The van der Waals surface area contributed by atoms with Crippen LogP contribution in [0.15, 0.2) is 48.5 Å². The molecule has 1 saturated heterocycles. The average molecular weight is 464 g/mol. The molecule has 2 aromatic carbocycles. The van der Waals surface area contributed by atoms with Gasteiger partial charge in [-0.3, -0.25) is 13.4 Å². The number of hydrogen-bond acceptors (Lipinski definition) is 5. The Kier molecular flexibility index (Phi) is 5.17. The van der Waals surface area contributed by atoms with Crippen molar-refractivity contribution in [2.24, 2.45) is 17.8 Å². The SMILES string of the molecule is N#Cc1ccc(N2C[C@H]3[C@@H]4C[C@H]([C@H]3S2(O)O)[C@H](NCc2ccccc2)C4)cc1C(F)(F)F. The van der Waals surface area contributed by atoms with E-state index in [9.17, 15) is 22.3 Å². The van der Waals surface area contributed by atoms with Gasteiger partial charge in [-0.05, 0) is 48.4 Å². The molecule has 9 heteroatoms. The van der Waals surface area contributed by atoms with Crippen LogP contribution < -0.4 is 9.62 Å². The zero-order valence-electron chi connectivity index (χ0n) is 17.2. The fourth-order valence-corrected chi connectivity index (χ4v) is 8.60. The van der Waals surface area contributed by atoms with Crippen molar-refractivity contribution in [2.45, 2.75) is 36.9 Å². The lowest BCUT2D eigenvalue weighted by atomic mass is 9.85. The molecule has 3 N–H and O–H groups in total. The fourth-order valence-electron chi connectivity index (χ4n) is 5.94. The van der Waals surface area contributed by atoms with Crippen LogP contribution in [0.25, 0.3) is 0 Å². The van der Waals surface area contributed by atoms with Crippen LogP contribution in [0, 0.1) is 29.1 Å². The first kappa shape index (κ1) is 21.6. The minimum absolute atomic E-state index is 0.0461. The van der Waals surface area contributed by atoms with E-state index in [-0.39, 0.29) is 28.8 Å². The van der Waals surface area contributed by atoms with Gasteiger partial charge in [0.25, 0.3) is 0 Å². The summed E-state index contributed by atoms with van der Waals surface area (Å²) in [5.74, 6) is 0.434. The molecule has 5 rings (SSSR count). The summed E-state index contributed by atoms with van der Waals surface area (Å²) in [4.78, 5) is 0. The van der Waals surface area contributed by atoms with Crippen LogP contribution in [0.4, 0.5) is 18.9 Å². The van der Waals surface area contributed by atoms with Crippen molar-refractivity contribution in [1.29, 1.82) is 5.26 Å². The summed E-state index contributed by atoms with van der Waals surface area (Å²) in [6.07, 6.45) is -2.85. The molecule has 2 aromatic rings. The Morgan fingerprint density at radius 1 is 1.09 bits per heavy atom. The van der Waals surface area contributed by atoms with Crippen molar-refractivity contribution in [3.63, 3.8) is 0 Å². The van der Waals surface area contributed by atoms with Gasteiger partial charge in [-0.25, -0.2) is 0 Å². The Labute approximate surface area is 186 Å². The molecule has 32 heavy (non-hydrogen) atoms. The average Bonchev–Trinajstić information content (AvgIpc) is 3.42. The molecule has 0 aromatic heterocycles. The second-order valence-corrected chi connectivity index (χ2v) is 11.1. The quantitative estimate of drug-likeness (QED) is 0.578. The number of hydrogen-bond donors (Lipinski definition) is 3. The number of nitriles is 1. The number of alkyl halides is 3. The largest absolute Gasteiger partial charge is 0.417 e. The Morgan fingerprint density at radius 3 is 2.53 bits per heavy atom. The van der Waals surface area contributed by atoms with Crippen molar-refractivity contribution in [1.82, 2.24) is 5.32 Å². The Bertz CT molecular complexity index is 1060. The number of halogens is 3. The smallest absolute Gasteiger partial charge is 0.310 e. The Balaban J connectivity index is 1.38. The van der Waals surface area contributed by atoms with Crippen molar-refractivity contribution < 1.29 is 22.3 Å². The van der Waals surface area contributed by atoms with Crippen LogP contribution in [-0.4, -0.2) is 26.9 Å². The number of benzene rings is 2. The first-order valence-electron chi connectivity index (χ1n) is 10.6. The maximum atomic E-state index is 13.4. The van der Waals surface area contributed by atoms with Crippen LogP contribution in [-0.2, 0) is 12.7 Å². The van der Waals surface area contributed by atoms with Crippen LogP contribution in [0.2, 0.25) is 0 Å². The minimum Gasteiger partial charge on any atom is -0.310 e. The van der Waals surface area contributed by atoms with Crippen LogP contribution in [0.5, 0.6) is 0 Å². The standard InChI is InChI=1S/C23H24F3N3O2S/c24-23(25,26)20-10-17(7-6-15(20)11-27)29-13-19-16-8-18(22(19)32(29,30)31)21(9-16)28-12-14-4-2-1-3-5-14/h1-7,10,16,18-19,21-22,28,30-31H,8-9,12-13H2/t16-,18+,19+,21-,22-/m1/s1. The van der Waals surface area contributed by atoms with E-state index in [1.807, 2.05) is 30.3 Å². The van der Waals surface area contributed by atoms with Crippen molar-refractivity contribution >= 4 is 16.5 Å². The van der Waals surface area contributed by atoms with E-state index in [1.54, 1.807) is 6.07 Å². The molecule has 3 fully saturated rings. The summed E-state index contributed by atoms with van der Waals surface area (Å²) in [5, 5.41) is 12.3. The highest BCUT2D eigenvalue weighted by molar-refractivity contribution is 8.26. The number of rotatable bonds is 4. The zero-order valence-corrected chi connectivity index (χ0v) is 18.0. The van der Waals surface area contributed by atoms with Crippen molar-refractivity contribution in [2.75, 3.05) is 10.8 Å². The lowest BCUT2D eigenvalue weighted by molar-refractivity contribution is -0.137. The number of nitrogens with one attached hydrogen (secondary N) is 1. The molecule has 0 radical (unpaired) electrons. The topological polar surface area (TPSA) is 79.5 Å². The highest BCUT2D eigenvalue weighted by Gasteiger charge is 2.62. The van der Waals surface area contributed by atoms with Crippen LogP contribution in [0.3, 0.4) is 0 Å².